The third-order valence-electron chi connectivity index (χ3n) is 4.17. The maximum Gasteiger partial charge on any atom is 0.224 e. The minimum atomic E-state index is -0.960. The summed E-state index contributed by atoms with van der Waals surface area (Å²) in [7, 11) is 0. The van der Waals surface area contributed by atoms with Gasteiger partial charge in [-0.25, -0.2) is 8.78 Å². The Morgan fingerprint density at radius 2 is 2.15 bits per heavy atom. The molecule has 2 aromatic rings. The quantitative estimate of drug-likeness (QED) is 0.857. The zero-order chi connectivity index (χ0) is 18.4. The van der Waals surface area contributed by atoms with Crippen LogP contribution in [0.25, 0.3) is 0 Å². The van der Waals surface area contributed by atoms with E-state index in [4.69, 9.17) is 9.47 Å². The first kappa shape index (κ1) is 18.4. The second-order valence-electron chi connectivity index (χ2n) is 6.13. The predicted octanol–water partition coefficient (Wildman–Crippen LogP) is 2.39. The Bertz CT molecular complexity index is 743. The van der Waals surface area contributed by atoms with Crippen molar-refractivity contribution in [3.8, 4) is 0 Å². The number of ether oxygens (including phenoxy) is 2. The number of hydrogen-bond acceptors (Lipinski definition) is 4. The van der Waals surface area contributed by atoms with Gasteiger partial charge >= 0.3 is 0 Å². The van der Waals surface area contributed by atoms with Crippen LogP contribution in [0.3, 0.4) is 0 Å². The van der Waals surface area contributed by atoms with E-state index in [-0.39, 0.29) is 24.5 Å². The van der Waals surface area contributed by atoms with Crippen LogP contribution in [-0.4, -0.2) is 36.3 Å². The summed E-state index contributed by atoms with van der Waals surface area (Å²) in [5, 5.41) is 2.91. The van der Waals surface area contributed by atoms with Crippen molar-refractivity contribution in [2.45, 2.75) is 31.6 Å². The zero-order valence-electron chi connectivity index (χ0n) is 14.2. The Morgan fingerprint density at radius 1 is 1.27 bits per heavy atom. The molecule has 0 spiro atoms. The van der Waals surface area contributed by atoms with Gasteiger partial charge in [0.25, 0.3) is 0 Å². The molecule has 5 nitrogen and oxygen atoms in total. The topological polar surface area (TPSA) is 60.5 Å². The standard InChI is InChI=1S/C19H20F2N2O3/c20-15-5-4-13(9-16(15)21)10-19(24)23-17-6-8-25-12-18(17)26-11-14-3-1-2-7-22-14/h1-5,7,9,17-18H,6,8,10-12H2,(H,23,24)/t17-,18-/m1/s1. The molecule has 0 bridgehead atoms. The average Bonchev–Trinajstić information content (AvgIpc) is 2.65. The van der Waals surface area contributed by atoms with Gasteiger partial charge in [-0.1, -0.05) is 12.1 Å². The highest BCUT2D eigenvalue weighted by molar-refractivity contribution is 5.78. The van der Waals surface area contributed by atoms with Gasteiger partial charge < -0.3 is 14.8 Å². The Morgan fingerprint density at radius 3 is 2.92 bits per heavy atom. The monoisotopic (exact) mass is 362 g/mol. The van der Waals surface area contributed by atoms with E-state index in [2.05, 4.69) is 10.3 Å². The number of benzene rings is 1. The first-order valence-corrected chi connectivity index (χ1v) is 8.44. The molecule has 0 aliphatic carbocycles. The highest BCUT2D eigenvalue weighted by Gasteiger charge is 2.28. The Kier molecular flexibility index (Phi) is 6.25. The van der Waals surface area contributed by atoms with Crippen LogP contribution < -0.4 is 5.32 Å². The fraction of sp³-hybridized carbons (Fsp3) is 0.368. The average molecular weight is 362 g/mol. The fourth-order valence-corrected chi connectivity index (χ4v) is 2.81. The Labute approximate surface area is 150 Å². The SMILES string of the molecule is O=C(Cc1ccc(F)c(F)c1)N[C@@H]1CCOC[C@H]1OCc1ccccn1. The molecule has 2 atom stereocenters. The van der Waals surface area contributed by atoms with Crippen molar-refractivity contribution in [1.82, 2.24) is 10.3 Å². The molecular formula is C19H20F2N2O3. The van der Waals surface area contributed by atoms with E-state index in [1.807, 2.05) is 18.2 Å². The maximum atomic E-state index is 13.3. The molecule has 1 saturated heterocycles. The van der Waals surface area contributed by atoms with Gasteiger partial charge in [0.1, 0.15) is 6.10 Å². The van der Waals surface area contributed by atoms with E-state index in [0.717, 1.165) is 17.8 Å². The van der Waals surface area contributed by atoms with Gasteiger partial charge in [0.05, 0.1) is 31.4 Å². The number of hydrogen-bond donors (Lipinski definition) is 1. The Balaban J connectivity index is 1.55. The summed E-state index contributed by atoms with van der Waals surface area (Å²) >= 11 is 0. The van der Waals surface area contributed by atoms with Crippen LogP contribution in [0.15, 0.2) is 42.6 Å². The van der Waals surface area contributed by atoms with E-state index in [9.17, 15) is 13.6 Å². The summed E-state index contributed by atoms with van der Waals surface area (Å²) in [5.41, 5.74) is 1.21. The molecule has 1 aromatic heterocycles. The highest BCUT2D eigenvalue weighted by Crippen LogP contribution is 2.14. The number of aromatic nitrogens is 1. The van der Waals surface area contributed by atoms with Crippen molar-refractivity contribution in [3.05, 3.63) is 65.5 Å². The third kappa shape index (κ3) is 5.06. The lowest BCUT2D eigenvalue weighted by atomic mass is 10.0. The summed E-state index contributed by atoms with van der Waals surface area (Å²) in [6, 6.07) is 8.82. The lowest BCUT2D eigenvalue weighted by Gasteiger charge is -2.32. The van der Waals surface area contributed by atoms with Crippen LogP contribution in [0, 0.1) is 11.6 Å². The van der Waals surface area contributed by atoms with Gasteiger partial charge in [0, 0.05) is 12.8 Å². The molecule has 1 amide bonds. The number of halogens is 2. The molecule has 2 heterocycles. The molecule has 1 aromatic carbocycles. The van der Waals surface area contributed by atoms with Gasteiger partial charge in [-0.2, -0.15) is 0 Å². The lowest BCUT2D eigenvalue weighted by molar-refractivity contribution is -0.126. The predicted molar refractivity (Wildman–Crippen MR) is 90.2 cm³/mol. The number of carbonyl (C=O) groups excluding carboxylic acids is 1. The van der Waals surface area contributed by atoms with Crippen LogP contribution >= 0.6 is 0 Å². The molecule has 1 N–H and O–H groups in total. The lowest BCUT2D eigenvalue weighted by Crippen LogP contribution is -2.50. The van der Waals surface area contributed by atoms with Gasteiger partial charge in [0.2, 0.25) is 5.91 Å². The summed E-state index contributed by atoms with van der Waals surface area (Å²) in [5.74, 6) is -2.16. The molecule has 1 aliphatic heterocycles. The van der Waals surface area contributed by atoms with Crippen molar-refractivity contribution in [3.63, 3.8) is 0 Å². The summed E-state index contributed by atoms with van der Waals surface area (Å²) < 4.78 is 37.5. The first-order valence-electron chi connectivity index (χ1n) is 8.44. The second-order valence-corrected chi connectivity index (χ2v) is 6.13. The van der Waals surface area contributed by atoms with Gasteiger partial charge in [0.15, 0.2) is 11.6 Å². The first-order chi connectivity index (χ1) is 12.6. The molecule has 1 fully saturated rings. The highest BCUT2D eigenvalue weighted by atomic mass is 19.2. The van der Waals surface area contributed by atoms with Crippen LogP contribution in [-0.2, 0) is 27.3 Å². The van der Waals surface area contributed by atoms with E-state index in [1.54, 1.807) is 6.20 Å². The van der Waals surface area contributed by atoms with Crippen molar-refractivity contribution in [1.29, 1.82) is 0 Å². The minimum absolute atomic E-state index is 0.0263. The number of amides is 1. The van der Waals surface area contributed by atoms with Crippen molar-refractivity contribution in [2.24, 2.45) is 0 Å². The fourth-order valence-electron chi connectivity index (χ4n) is 2.81. The number of rotatable bonds is 6. The summed E-state index contributed by atoms with van der Waals surface area (Å²) in [6.07, 6.45) is 1.99. The smallest absolute Gasteiger partial charge is 0.224 e. The van der Waals surface area contributed by atoms with Crippen LogP contribution in [0.1, 0.15) is 17.7 Å². The molecule has 1 aliphatic rings. The van der Waals surface area contributed by atoms with Crippen molar-refractivity contribution < 1.29 is 23.0 Å². The molecule has 26 heavy (non-hydrogen) atoms. The maximum absolute atomic E-state index is 13.3. The van der Waals surface area contributed by atoms with Crippen LogP contribution in [0.4, 0.5) is 8.78 Å². The minimum Gasteiger partial charge on any atom is -0.379 e. The van der Waals surface area contributed by atoms with Crippen molar-refractivity contribution >= 4 is 5.91 Å². The number of nitrogens with zero attached hydrogens (tertiary/aromatic N) is 1. The Hall–Kier alpha value is -2.38. The zero-order valence-corrected chi connectivity index (χ0v) is 14.2. The van der Waals surface area contributed by atoms with Gasteiger partial charge in [-0.15, -0.1) is 0 Å². The van der Waals surface area contributed by atoms with E-state index in [1.165, 1.54) is 6.07 Å². The number of pyridine rings is 1. The normalized spacial score (nSPS) is 19.9. The molecule has 7 heteroatoms. The van der Waals surface area contributed by atoms with E-state index >= 15 is 0 Å². The van der Waals surface area contributed by atoms with E-state index < -0.39 is 11.6 Å². The largest absolute Gasteiger partial charge is 0.379 e. The van der Waals surface area contributed by atoms with Gasteiger partial charge in [-0.05, 0) is 36.2 Å². The number of nitrogens with one attached hydrogen (secondary N) is 1. The summed E-state index contributed by atoms with van der Waals surface area (Å²) in [4.78, 5) is 16.5. The molecule has 0 unspecified atom stereocenters. The van der Waals surface area contributed by atoms with Crippen molar-refractivity contribution in [2.75, 3.05) is 13.2 Å². The van der Waals surface area contributed by atoms with Crippen LogP contribution in [0.5, 0.6) is 0 Å². The number of carbonyl (C=O) groups is 1. The van der Waals surface area contributed by atoms with E-state index in [0.29, 0.717) is 31.8 Å². The third-order valence-corrected chi connectivity index (χ3v) is 4.17. The van der Waals surface area contributed by atoms with Gasteiger partial charge in [-0.3, -0.25) is 9.78 Å². The molecule has 0 radical (unpaired) electrons. The molecular weight excluding hydrogens is 342 g/mol. The molecule has 0 saturated carbocycles. The van der Waals surface area contributed by atoms with Crippen LogP contribution in [0.2, 0.25) is 0 Å². The molecule has 138 valence electrons. The summed E-state index contributed by atoms with van der Waals surface area (Å²) in [6.45, 7) is 1.23. The second kappa shape index (κ2) is 8.82. The molecule has 3 rings (SSSR count).